The average Bonchev–Trinajstić information content (AvgIpc) is 3.19. The van der Waals surface area contributed by atoms with Gasteiger partial charge in [0, 0.05) is 29.5 Å². The lowest BCUT2D eigenvalue weighted by atomic mass is 10.0. The van der Waals surface area contributed by atoms with Gasteiger partial charge in [-0.1, -0.05) is 24.3 Å². The SMILES string of the molecule is COc1ccc(NC(=O)c2ccc(NC(=O)C3NCc4ccccc43)cc2)cc1O. The smallest absolute Gasteiger partial charge is 0.255 e. The van der Waals surface area contributed by atoms with E-state index in [-0.39, 0.29) is 17.6 Å². The van der Waals surface area contributed by atoms with Crippen LogP contribution < -0.4 is 20.7 Å². The minimum atomic E-state index is -0.396. The summed E-state index contributed by atoms with van der Waals surface area (Å²) in [4.78, 5) is 25.1. The maximum absolute atomic E-state index is 12.6. The van der Waals surface area contributed by atoms with Crippen LogP contribution in [0.15, 0.2) is 66.7 Å². The maximum Gasteiger partial charge on any atom is 0.255 e. The summed E-state index contributed by atoms with van der Waals surface area (Å²) in [6.07, 6.45) is 0. The van der Waals surface area contributed by atoms with Gasteiger partial charge in [-0.2, -0.15) is 0 Å². The monoisotopic (exact) mass is 403 g/mol. The third kappa shape index (κ3) is 3.97. The molecule has 0 aliphatic carbocycles. The Kier molecular flexibility index (Phi) is 5.36. The normalized spacial score (nSPS) is 14.6. The highest BCUT2D eigenvalue weighted by Gasteiger charge is 2.27. The highest BCUT2D eigenvalue weighted by atomic mass is 16.5. The lowest BCUT2D eigenvalue weighted by Gasteiger charge is -2.13. The Balaban J connectivity index is 1.40. The van der Waals surface area contributed by atoms with Gasteiger partial charge in [0.1, 0.15) is 6.04 Å². The van der Waals surface area contributed by atoms with Gasteiger partial charge >= 0.3 is 0 Å². The van der Waals surface area contributed by atoms with Crippen LogP contribution in [0.5, 0.6) is 11.5 Å². The van der Waals surface area contributed by atoms with Crippen LogP contribution in [0.25, 0.3) is 0 Å². The summed E-state index contributed by atoms with van der Waals surface area (Å²) in [5, 5.41) is 18.6. The van der Waals surface area contributed by atoms with Crippen molar-refractivity contribution >= 4 is 23.2 Å². The van der Waals surface area contributed by atoms with Crippen molar-refractivity contribution in [2.75, 3.05) is 17.7 Å². The van der Waals surface area contributed by atoms with Crippen LogP contribution in [-0.4, -0.2) is 24.0 Å². The number of nitrogens with one attached hydrogen (secondary N) is 3. The number of carbonyl (C=O) groups is 2. The summed E-state index contributed by atoms with van der Waals surface area (Å²) in [5.74, 6) is -0.211. The molecule has 2 amide bonds. The molecule has 7 heteroatoms. The van der Waals surface area contributed by atoms with Gasteiger partial charge in [0.15, 0.2) is 11.5 Å². The van der Waals surface area contributed by atoms with E-state index >= 15 is 0 Å². The molecule has 0 fully saturated rings. The molecule has 30 heavy (non-hydrogen) atoms. The van der Waals surface area contributed by atoms with Crippen molar-refractivity contribution in [3.8, 4) is 11.5 Å². The van der Waals surface area contributed by atoms with Crippen LogP contribution in [0.3, 0.4) is 0 Å². The number of hydrogen-bond donors (Lipinski definition) is 4. The maximum atomic E-state index is 12.6. The van der Waals surface area contributed by atoms with Gasteiger partial charge < -0.3 is 20.5 Å². The van der Waals surface area contributed by atoms with Crippen LogP contribution in [0.2, 0.25) is 0 Å². The number of benzene rings is 3. The number of ether oxygens (including phenoxy) is 1. The predicted molar refractivity (Wildman–Crippen MR) is 114 cm³/mol. The summed E-state index contributed by atoms with van der Waals surface area (Å²) < 4.78 is 4.99. The third-order valence-corrected chi connectivity index (χ3v) is 4.98. The highest BCUT2D eigenvalue weighted by molar-refractivity contribution is 6.05. The molecule has 0 spiro atoms. The molecular weight excluding hydrogens is 382 g/mol. The van der Waals surface area contributed by atoms with Gasteiger partial charge in [-0.25, -0.2) is 0 Å². The molecule has 0 bridgehead atoms. The summed E-state index contributed by atoms with van der Waals surface area (Å²) in [6, 6.07) is 18.7. The number of carbonyl (C=O) groups excluding carboxylic acids is 2. The molecule has 1 aliphatic rings. The molecule has 1 unspecified atom stereocenters. The zero-order chi connectivity index (χ0) is 21.1. The first-order valence-corrected chi connectivity index (χ1v) is 9.45. The minimum absolute atomic E-state index is 0.0598. The fourth-order valence-electron chi connectivity index (χ4n) is 3.42. The van der Waals surface area contributed by atoms with E-state index in [1.165, 1.54) is 13.2 Å². The molecule has 4 rings (SSSR count). The van der Waals surface area contributed by atoms with Gasteiger partial charge in [0.2, 0.25) is 5.91 Å². The number of fused-ring (bicyclic) bond motifs is 1. The molecule has 3 aromatic carbocycles. The summed E-state index contributed by atoms with van der Waals surface area (Å²) in [7, 11) is 1.45. The van der Waals surface area contributed by atoms with Crippen molar-refractivity contribution in [1.29, 1.82) is 0 Å². The van der Waals surface area contributed by atoms with Crippen molar-refractivity contribution < 1.29 is 19.4 Å². The van der Waals surface area contributed by atoms with E-state index in [1.807, 2.05) is 24.3 Å². The molecule has 152 valence electrons. The Morgan fingerprint density at radius 2 is 1.73 bits per heavy atom. The van der Waals surface area contributed by atoms with E-state index in [0.29, 0.717) is 29.2 Å². The fourth-order valence-corrected chi connectivity index (χ4v) is 3.42. The molecule has 7 nitrogen and oxygen atoms in total. The number of anilines is 2. The topological polar surface area (TPSA) is 99.7 Å². The molecule has 0 radical (unpaired) electrons. The van der Waals surface area contributed by atoms with Crippen LogP contribution in [-0.2, 0) is 11.3 Å². The minimum Gasteiger partial charge on any atom is -0.504 e. The molecule has 1 heterocycles. The summed E-state index contributed by atoms with van der Waals surface area (Å²) >= 11 is 0. The van der Waals surface area contributed by atoms with E-state index in [4.69, 9.17) is 4.74 Å². The summed E-state index contributed by atoms with van der Waals surface area (Å²) in [6.45, 7) is 0.661. The Hall–Kier alpha value is -3.84. The van der Waals surface area contributed by atoms with Crippen LogP contribution in [0.1, 0.15) is 27.5 Å². The standard InChI is InChI=1S/C23H21N3O4/c1-30-20-11-10-17(12-19(20)27)26-22(28)14-6-8-16(9-7-14)25-23(29)21-18-5-3-2-4-15(18)13-24-21/h2-12,21,24,27H,13H2,1H3,(H,25,29)(H,26,28). The number of methoxy groups -OCH3 is 1. The molecule has 4 N–H and O–H groups in total. The quantitative estimate of drug-likeness (QED) is 0.523. The van der Waals surface area contributed by atoms with Crippen LogP contribution in [0, 0.1) is 0 Å². The van der Waals surface area contributed by atoms with E-state index < -0.39 is 6.04 Å². The molecule has 0 saturated carbocycles. The first-order chi connectivity index (χ1) is 14.5. The van der Waals surface area contributed by atoms with E-state index in [0.717, 1.165) is 11.1 Å². The van der Waals surface area contributed by atoms with Crippen molar-refractivity contribution in [3.05, 3.63) is 83.4 Å². The lowest BCUT2D eigenvalue weighted by molar-refractivity contribution is -0.118. The van der Waals surface area contributed by atoms with Crippen molar-refractivity contribution in [2.45, 2.75) is 12.6 Å². The molecule has 3 aromatic rings. The van der Waals surface area contributed by atoms with E-state index in [2.05, 4.69) is 16.0 Å². The number of amides is 2. The van der Waals surface area contributed by atoms with Gasteiger partial charge in [-0.3, -0.25) is 14.9 Å². The molecule has 0 aromatic heterocycles. The molecule has 1 aliphatic heterocycles. The summed E-state index contributed by atoms with van der Waals surface area (Å²) in [5.41, 5.74) is 3.57. The predicted octanol–water partition coefficient (Wildman–Crippen LogP) is 3.44. The van der Waals surface area contributed by atoms with Crippen molar-refractivity contribution in [1.82, 2.24) is 5.32 Å². The van der Waals surface area contributed by atoms with E-state index in [9.17, 15) is 14.7 Å². The largest absolute Gasteiger partial charge is 0.504 e. The second-order valence-corrected chi connectivity index (χ2v) is 6.92. The average molecular weight is 403 g/mol. The van der Waals surface area contributed by atoms with Gasteiger partial charge in [0.05, 0.1) is 7.11 Å². The first-order valence-electron chi connectivity index (χ1n) is 9.45. The second kappa shape index (κ2) is 8.26. The zero-order valence-electron chi connectivity index (χ0n) is 16.3. The fraction of sp³-hybridized carbons (Fsp3) is 0.130. The van der Waals surface area contributed by atoms with Crippen molar-refractivity contribution in [2.24, 2.45) is 0 Å². The number of aromatic hydroxyl groups is 1. The second-order valence-electron chi connectivity index (χ2n) is 6.92. The van der Waals surface area contributed by atoms with E-state index in [1.54, 1.807) is 36.4 Å². The zero-order valence-corrected chi connectivity index (χ0v) is 16.3. The molecule has 1 atom stereocenters. The number of phenols is 1. The third-order valence-electron chi connectivity index (χ3n) is 4.98. The Labute approximate surface area is 173 Å². The number of rotatable bonds is 5. The Bertz CT molecular complexity index is 1100. The molecule has 0 saturated heterocycles. The Morgan fingerprint density at radius 1 is 1.00 bits per heavy atom. The highest BCUT2D eigenvalue weighted by Crippen LogP contribution is 2.29. The number of hydrogen-bond acceptors (Lipinski definition) is 5. The lowest BCUT2D eigenvalue weighted by Crippen LogP contribution is -2.27. The van der Waals surface area contributed by atoms with Gasteiger partial charge in [-0.15, -0.1) is 0 Å². The van der Waals surface area contributed by atoms with Gasteiger partial charge in [0.25, 0.3) is 5.91 Å². The Morgan fingerprint density at radius 3 is 2.47 bits per heavy atom. The van der Waals surface area contributed by atoms with Crippen molar-refractivity contribution in [3.63, 3.8) is 0 Å². The molecular formula is C23H21N3O4. The van der Waals surface area contributed by atoms with Gasteiger partial charge in [-0.05, 0) is 47.5 Å². The van der Waals surface area contributed by atoms with Crippen LogP contribution in [0.4, 0.5) is 11.4 Å². The number of phenolic OH excluding ortho intramolecular Hbond substituents is 1. The van der Waals surface area contributed by atoms with Crippen LogP contribution >= 0.6 is 0 Å². The first kappa shape index (κ1) is 19.5.